The number of ether oxygens (including phenoxy) is 2. The Bertz CT molecular complexity index is 1000. The lowest BCUT2D eigenvalue weighted by atomic mass is 10.1. The first-order valence-electron chi connectivity index (χ1n) is 10.5. The first kappa shape index (κ1) is 22.7. The molecule has 0 unspecified atom stereocenters. The molecule has 1 amide bonds. The number of halogens is 1. The third-order valence-corrected chi connectivity index (χ3v) is 5.02. The van der Waals surface area contributed by atoms with Crippen LogP contribution in [-0.2, 0) is 13.0 Å². The molecule has 3 aromatic rings. The normalized spacial score (nSPS) is 10.7. The van der Waals surface area contributed by atoms with E-state index in [0.29, 0.717) is 29.5 Å². The van der Waals surface area contributed by atoms with Crippen molar-refractivity contribution in [2.45, 2.75) is 39.4 Å². The van der Waals surface area contributed by atoms with Crippen LogP contribution in [0.1, 0.15) is 41.8 Å². The first-order valence-corrected chi connectivity index (χ1v) is 10.9. The topological polar surface area (TPSA) is 47.6 Å². The van der Waals surface area contributed by atoms with Crippen LogP contribution in [-0.4, -0.2) is 18.6 Å². The maximum atomic E-state index is 12.5. The van der Waals surface area contributed by atoms with Gasteiger partial charge in [-0.15, -0.1) is 0 Å². The zero-order valence-corrected chi connectivity index (χ0v) is 18.7. The van der Waals surface area contributed by atoms with Crippen molar-refractivity contribution in [1.29, 1.82) is 0 Å². The number of amides is 1. The summed E-state index contributed by atoms with van der Waals surface area (Å²) in [6.07, 6.45) is 1.87. The van der Waals surface area contributed by atoms with Crippen molar-refractivity contribution in [2.24, 2.45) is 0 Å². The molecule has 0 atom stereocenters. The zero-order chi connectivity index (χ0) is 22.1. The van der Waals surface area contributed by atoms with Gasteiger partial charge < -0.3 is 14.8 Å². The molecule has 0 fully saturated rings. The molecule has 0 heterocycles. The molecule has 3 rings (SSSR count). The van der Waals surface area contributed by atoms with Gasteiger partial charge in [-0.2, -0.15) is 0 Å². The number of carbonyl (C=O) groups is 1. The molecule has 31 heavy (non-hydrogen) atoms. The van der Waals surface area contributed by atoms with Crippen LogP contribution < -0.4 is 14.8 Å². The van der Waals surface area contributed by atoms with Crippen molar-refractivity contribution in [3.8, 4) is 11.5 Å². The number of hydrogen-bond acceptors (Lipinski definition) is 3. The Kier molecular flexibility index (Phi) is 8.36. The van der Waals surface area contributed by atoms with Gasteiger partial charge >= 0.3 is 0 Å². The lowest BCUT2D eigenvalue weighted by Gasteiger charge is -2.11. The van der Waals surface area contributed by atoms with Gasteiger partial charge in [0.05, 0.1) is 6.10 Å². The molecule has 0 aromatic heterocycles. The van der Waals surface area contributed by atoms with Crippen LogP contribution >= 0.6 is 11.6 Å². The molecule has 0 aliphatic heterocycles. The maximum absolute atomic E-state index is 12.5. The number of aryl methyl sites for hydroxylation is 1. The van der Waals surface area contributed by atoms with E-state index in [9.17, 15) is 4.79 Å². The Morgan fingerprint density at radius 2 is 1.74 bits per heavy atom. The average molecular weight is 438 g/mol. The molecule has 162 valence electrons. The monoisotopic (exact) mass is 437 g/mol. The predicted octanol–water partition coefficient (Wildman–Crippen LogP) is 6.07. The largest absolute Gasteiger partial charge is 0.491 e. The summed E-state index contributed by atoms with van der Waals surface area (Å²) in [6.45, 7) is 4.97. The van der Waals surface area contributed by atoms with Crippen LogP contribution in [0.2, 0.25) is 5.02 Å². The van der Waals surface area contributed by atoms with E-state index in [1.54, 1.807) is 12.1 Å². The van der Waals surface area contributed by atoms with E-state index >= 15 is 0 Å². The molecule has 3 aromatic carbocycles. The number of nitrogens with one attached hydrogen (secondary N) is 1. The summed E-state index contributed by atoms with van der Waals surface area (Å²) < 4.78 is 11.5. The van der Waals surface area contributed by atoms with Crippen LogP contribution in [0.4, 0.5) is 0 Å². The fraction of sp³-hybridized carbons (Fsp3) is 0.269. The molecule has 5 heteroatoms. The second-order valence-electron chi connectivity index (χ2n) is 7.58. The smallest absolute Gasteiger partial charge is 0.251 e. The average Bonchev–Trinajstić information content (AvgIpc) is 2.76. The summed E-state index contributed by atoms with van der Waals surface area (Å²) in [7, 11) is 0. The van der Waals surface area contributed by atoms with Gasteiger partial charge in [-0.05, 0) is 68.7 Å². The fourth-order valence-corrected chi connectivity index (χ4v) is 3.34. The van der Waals surface area contributed by atoms with Crippen LogP contribution in [0.5, 0.6) is 11.5 Å². The quantitative estimate of drug-likeness (QED) is 0.391. The number of carbonyl (C=O) groups excluding carboxylic acids is 1. The molecule has 0 bridgehead atoms. The molecule has 0 spiro atoms. The third-order valence-electron chi connectivity index (χ3n) is 4.65. The van der Waals surface area contributed by atoms with E-state index < -0.39 is 0 Å². The molecular weight excluding hydrogens is 410 g/mol. The Balaban J connectivity index is 1.46. The minimum Gasteiger partial charge on any atom is -0.491 e. The standard InChI is InChI=1S/C26H28ClNO3/c1-19(2)31-24-13-5-8-20(16-24)9-7-15-28-26(29)21-11-6-12-23(17-21)30-18-22-10-3-4-14-25(22)27/h3-6,8,10-14,16-17,19H,7,9,15,18H2,1-2H3,(H,28,29). The van der Waals surface area contributed by atoms with Gasteiger partial charge in [0.2, 0.25) is 0 Å². The summed E-state index contributed by atoms with van der Waals surface area (Å²) in [5.74, 6) is 1.40. The molecule has 0 saturated heterocycles. The van der Waals surface area contributed by atoms with Crippen molar-refractivity contribution in [1.82, 2.24) is 5.32 Å². The van der Waals surface area contributed by atoms with E-state index in [4.69, 9.17) is 21.1 Å². The second kappa shape index (κ2) is 11.4. The Hall–Kier alpha value is -2.98. The van der Waals surface area contributed by atoms with Crippen molar-refractivity contribution >= 4 is 17.5 Å². The highest BCUT2D eigenvalue weighted by molar-refractivity contribution is 6.31. The van der Waals surface area contributed by atoms with E-state index in [2.05, 4.69) is 17.4 Å². The number of hydrogen-bond donors (Lipinski definition) is 1. The van der Waals surface area contributed by atoms with Crippen LogP contribution in [0.25, 0.3) is 0 Å². The van der Waals surface area contributed by atoms with Crippen molar-refractivity contribution < 1.29 is 14.3 Å². The third kappa shape index (κ3) is 7.34. The van der Waals surface area contributed by atoms with Crippen LogP contribution in [0, 0.1) is 0 Å². The van der Waals surface area contributed by atoms with E-state index in [1.807, 2.05) is 62.4 Å². The summed E-state index contributed by atoms with van der Waals surface area (Å²) in [4.78, 5) is 12.5. The predicted molar refractivity (Wildman–Crippen MR) is 125 cm³/mol. The Labute approximate surface area is 189 Å². The summed E-state index contributed by atoms with van der Waals surface area (Å²) in [5, 5.41) is 3.64. The van der Waals surface area contributed by atoms with Crippen LogP contribution in [0.15, 0.2) is 72.8 Å². The van der Waals surface area contributed by atoms with Crippen LogP contribution in [0.3, 0.4) is 0 Å². The SMILES string of the molecule is CC(C)Oc1cccc(CCCNC(=O)c2cccc(OCc3ccccc3Cl)c2)c1. The Morgan fingerprint density at radius 1 is 0.968 bits per heavy atom. The minimum atomic E-state index is -0.111. The zero-order valence-electron chi connectivity index (χ0n) is 17.9. The maximum Gasteiger partial charge on any atom is 0.251 e. The molecule has 4 nitrogen and oxygen atoms in total. The van der Waals surface area contributed by atoms with Crippen molar-refractivity contribution in [3.05, 3.63) is 94.5 Å². The summed E-state index contributed by atoms with van der Waals surface area (Å²) >= 11 is 6.17. The highest BCUT2D eigenvalue weighted by atomic mass is 35.5. The van der Waals surface area contributed by atoms with Crippen molar-refractivity contribution in [2.75, 3.05) is 6.54 Å². The second-order valence-corrected chi connectivity index (χ2v) is 7.99. The highest BCUT2D eigenvalue weighted by Gasteiger charge is 2.07. The summed E-state index contributed by atoms with van der Waals surface area (Å²) in [5.41, 5.74) is 2.67. The Morgan fingerprint density at radius 3 is 2.55 bits per heavy atom. The van der Waals surface area contributed by atoms with E-state index in [0.717, 1.165) is 24.2 Å². The van der Waals surface area contributed by atoms with Gasteiger partial charge in [-0.3, -0.25) is 4.79 Å². The molecule has 0 aliphatic rings. The molecule has 0 saturated carbocycles. The lowest BCUT2D eigenvalue weighted by molar-refractivity contribution is 0.0952. The number of rotatable bonds is 10. The first-order chi connectivity index (χ1) is 15.0. The molecule has 0 radical (unpaired) electrons. The van der Waals surface area contributed by atoms with Gasteiger partial charge in [0.15, 0.2) is 0 Å². The van der Waals surface area contributed by atoms with Crippen molar-refractivity contribution in [3.63, 3.8) is 0 Å². The fourth-order valence-electron chi connectivity index (χ4n) is 3.15. The van der Waals surface area contributed by atoms with Gasteiger partial charge in [0.25, 0.3) is 5.91 Å². The van der Waals surface area contributed by atoms with Gasteiger partial charge in [0.1, 0.15) is 18.1 Å². The van der Waals surface area contributed by atoms with Gasteiger partial charge in [-0.1, -0.05) is 48.0 Å². The highest BCUT2D eigenvalue weighted by Crippen LogP contribution is 2.20. The molecule has 0 aliphatic carbocycles. The van der Waals surface area contributed by atoms with Gasteiger partial charge in [0, 0.05) is 22.7 Å². The van der Waals surface area contributed by atoms with E-state index in [-0.39, 0.29) is 12.0 Å². The number of benzene rings is 3. The van der Waals surface area contributed by atoms with Gasteiger partial charge in [-0.25, -0.2) is 0 Å². The molecule has 1 N–H and O–H groups in total. The lowest BCUT2D eigenvalue weighted by Crippen LogP contribution is -2.24. The van der Waals surface area contributed by atoms with E-state index in [1.165, 1.54) is 5.56 Å². The minimum absolute atomic E-state index is 0.111. The molecular formula is C26H28ClNO3. The summed E-state index contributed by atoms with van der Waals surface area (Å²) in [6, 6.07) is 22.8.